The first-order chi connectivity index (χ1) is 9.25. The summed E-state index contributed by atoms with van der Waals surface area (Å²) >= 11 is 7.66. The van der Waals surface area contributed by atoms with Crippen LogP contribution in [0.2, 0.25) is 5.02 Å². The van der Waals surface area contributed by atoms with Crippen molar-refractivity contribution in [1.29, 1.82) is 0 Å². The second-order valence-electron chi connectivity index (χ2n) is 4.66. The number of nitrogens with zero attached hydrogens (tertiary/aromatic N) is 1. The molecular formula is C13H21ClN2O2S2. The molecule has 0 aliphatic carbocycles. The Labute approximate surface area is 130 Å². The van der Waals surface area contributed by atoms with Gasteiger partial charge < -0.3 is 5.73 Å². The van der Waals surface area contributed by atoms with Crippen LogP contribution >= 0.6 is 23.4 Å². The van der Waals surface area contributed by atoms with Crippen molar-refractivity contribution in [2.75, 3.05) is 24.8 Å². The summed E-state index contributed by atoms with van der Waals surface area (Å²) < 4.78 is 26.7. The van der Waals surface area contributed by atoms with Crippen molar-refractivity contribution in [3.8, 4) is 0 Å². The van der Waals surface area contributed by atoms with Gasteiger partial charge in [0.1, 0.15) is 0 Å². The number of hydrogen-bond donors (Lipinski definition) is 1. The molecule has 0 fully saturated rings. The number of thioether (sulfide) groups is 1. The Kier molecular flexibility index (Phi) is 6.19. The fraction of sp³-hybridized carbons (Fsp3) is 0.538. The second-order valence-corrected chi connectivity index (χ2v) is 7.97. The highest BCUT2D eigenvalue weighted by Gasteiger charge is 2.27. The molecule has 0 radical (unpaired) electrons. The van der Waals surface area contributed by atoms with Gasteiger partial charge in [0.25, 0.3) is 0 Å². The summed E-state index contributed by atoms with van der Waals surface area (Å²) in [6, 6.07) is 2.89. The highest BCUT2D eigenvalue weighted by molar-refractivity contribution is 7.98. The van der Waals surface area contributed by atoms with Crippen molar-refractivity contribution in [2.45, 2.75) is 31.2 Å². The van der Waals surface area contributed by atoms with E-state index in [1.807, 2.05) is 13.2 Å². The lowest BCUT2D eigenvalue weighted by Gasteiger charge is -2.26. The maximum Gasteiger partial charge on any atom is 0.243 e. The van der Waals surface area contributed by atoms with Gasteiger partial charge in [0.2, 0.25) is 10.0 Å². The molecule has 0 heterocycles. The molecule has 0 aromatic heterocycles. The number of benzene rings is 1. The third-order valence-corrected chi connectivity index (χ3v) is 6.38. The average molecular weight is 337 g/mol. The highest BCUT2D eigenvalue weighted by atomic mass is 35.5. The molecule has 2 N–H and O–H groups in total. The van der Waals surface area contributed by atoms with Crippen molar-refractivity contribution >= 4 is 39.1 Å². The molecule has 20 heavy (non-hydrogen) atoms. The Hall–Kier alpha value is -0.430. The van der Waals surface area contributed by atoms with Crippen molar-refractivity contribution < 1.29 is 8.42 Å². The lowest BCUT2D eigenvalue weighted by atomic mass is 10.2. The summed E-state index contributed by atoms with van der Waals surface area (Å²) in [4.78, 5) is 0.146. The summed E-state index contributed by atoms with van der Waals surface area (Å²) in [6.45, 7) is 3.74. The average Bonchev–Trinajstić information content (AvgIpc) is 2.40. The minimum atomic E-state index is -3.58. The van der Waals surface area contributed by atoms with Gasteiger partial charge in [0, 0.05) is 29.6 Å². The molecule has 1 aromatic rings. The van der Waals surface area contributed by atoms with Crippen LogP contribution in [0.4, 0.5) is 5.69 Å². The van der Waals surface area contributed by atoms with E-state index in [0.29, 0.717) is 16.3 Å². The van der Waals surface area contributed by atoms with Gasteiger partial charge in [-0.2, -0.15) is 16.1 Å². The number of rotatable bonds is 6. The number of hydrogen-bond acceptors (Lipinski definition) is 4. The van der Waals surface area contributed by atoms with Crippen molar-refractivity contribution in [1.82, 2.24) is 4.31 Å². The molecule has 0 saturated carbocycles. The van der Waals surface area contributed by atoms with Crippen LogP contribution in [0.1, 0.15) is 18.9 Å². The maximum absolute atomic E-state index is 12.6. The first kappa shape index (κ1) is 17.6. The SMILES string of the molecule is CCC(CSC)N(C)S(=O)(=O)c1cc(N)c(C)c(Cl)c1. The Morgan fingerprint density at radius 3 is 2.50 bits per heavy atom. The zero-order chi connectivity index (χ0) is 15.5. The van der Waals surface area contributed by atoms with E-state index < -0.39 is 10.0 Å². The van der Waals surface area contributed by atoms with Crippen molar-refractivity contribution in [2.24, 2.45) is 0 Å². The number of halogens is 1. The molecule has 4 nitrogen and oxygen atoms in total. The van der Waals surface area contributed by atoms with Gasteiger partial charge in [-0.15, -0.1) is 0 Å². The van der Waals surface area contributed by atoms with Crippen LogP contribution in [-0.4, -0.2) is 37.8 Å². The van der Waals surface area contributed by atoms with Gasteiger partial charge >= 0.3 is 0 Å². The normalized spacial score (nSPS) is 13.7. The van der Waals surface area contributed by atoms with Gasteiger partial charge in [0.05, 0.1) is 4.90 Å². The summed E-state index contributed by atoms with van der Waals surface area (Å²) in [5.74, 6) is 0.751. The molecule has 0 amide bonds. The van der Waals surface area contributed by atoms with E-state index in [9.17, 15) is 8.42 Å². The first-order valence-corrected chi connectivity index (χ1v) is 9.49. The quantitative estimate of drug-likeness (QED) is 0.811. The Balaban J connectivity index is 3.22. The van der Waals surface area contributed by atoms with E-state index in [4.69, 9.17) is 17.3 Å². The van der Waals surface area contributed by atoms with Gasteiger partial charge in [0.15, 0.2) is 0 Å². The van der Waals surface area contributed by atoms with Crippen LogP contribution < -0.4 is 5.73 Å². The molecule has 0 aliphatic rings. The summed E-state index contributed by atoms with van der Waals surface area (Å²) in [5, 5.41) is 0.370. The lowest BCUT2D eigenvalue weighted by molar-refractivity contribution is 0.385. The van der Waals surface area contributed by atoms with Crippen molar-refractivity contribution in [3.63, 3.8) is 0 Å². The molecule has 7 heteroatoms. The van der Waals surface area contributed by atoms with Crippen LogP contribution in [-0.2, 0) is 10.0 Å². The summed E-state index contributed by atoms with van der Waals surface area (Å²) in [5.41, 5.74) is 6.90. The summed E-state index contributed by atoms with van der Waals surface area (Å²) in [7, 11) is -1.98. The topological polar surface area (TPSA) is 63.4 Å². The zero-order valence-electron chi connectivity index (χ0n) is 12.2. The van der Waals surface area contributed by atoms with Crippen molar-refractivity contribution in [3.05, 3.63) is 22.7 Å². The van der Waals surface area contributed by atoms with Crippen LogP contribution in [0, 0.1) is 6.92 Å². The number of nitrogen functional groups attached to an aromatic ring is 1. The third kappa shape index (κ3) is 3.61. The molecule has 0 saturated heterocycles. The highest BCUT2D eigenvalue weighted by Crippen LogP contribution is 2.28. The van der Waals surface area contributed by atoms with E-state index in [0.717, 1.165) is 12.2 Å². The van der Waals surface area contributed by atoms with E-state index in [1.165, 1.54) is 16.4 Å². The van der Waals surface area contributed by atoms with E-state index in [-0.39, 0.29) is 10.9 Å². The third-order valence-electron chi connectivity index (χ3n) is 3.38. The largest absolute Gasteiger partial charge is 0.398 e. The fourth-order valence-corrected chi connectivity index (χ4v) is 4.58. The lowest BCUT2D eigenvalue weighted by Crippen LogP contribution is -2.38. The predicted molar refractivity (Wildman–Crippen MR) is 88.0 cm³/mol. The number of nitrogens with two attached hydrogens (primary N) is 1. The monoisotopic (exact) mass is 336 g/mol. The zero-order valence-corrected chi connectivity index (χ0v) is 14.6. The molecule has 114 valence electrons. The van der Waals surface area contributed by atoms with Crippen LogP contribution in [0.25, 0.3) is 0 Å². The minimum Gasteiger partial charge on any atom is -0.398 e. The Morgan fingerprint density at radius 2 is 2.05 bits per heavy atom. The van der Waals surface area contributed by atoms with Crippen LogP contribution in [0.3, 0.4) is 0 Å². The summed E-state index contributed by atoms with van der Waals surface area (Å²) in [6.07, 6.45) is 2.72. The number of sulfonamides is 1. The second kappa shape index (κ2) is 7.02. The van der Waals surface area contributed by atoms with Gasteiger partial charge in [-0.25, -0.2) is 8.42 Å². The van der Waals surface area contributed by atoms with E-state index in [2.05, 4.69) is 0 Å². The molecule has 1 atom stereocenters. The van der Waals surface area contributed by atoms with Crippen LogP contribution in [0.5, 0.6) is 0 Å². The Morgan fingerprint density at radius 1 is 1.45 bits per heavy atom. The minimum absolute atomic E-state index is 0.0451. The van der Waals surface area contributed by atoms with Gasteiger partial charge in [-0.05, 0) is 37.3 Å². The molecule has 0 spiro atoms. The fourth-order valence-electron chi connectivity index (χ4n) is 1.86. The van der Waals surface area contributed by atoms with Crippen LogP contribution in [0.15, 0.2) is 17.0 Å². The molecule has 1 rings (SSSR count). The molecule has 1 aromatic carbocycles. The van der Waals surface area contributed by atoms with Gasteiger partial charge in [-0.3, -0.25) is 0 Å². The molecule has 1 unspecified atom stereocenters. The first-order valence-electron chi connectivity index (χ1n) is 6.28. The standard InChI is InChI=1S/C13H21ClN2O2S2/c1-5-10(8-19-4)16(3)20(17,18)11-6-12(14)9(2)13(15)7-11/h6-7,10H,5,8,15H2,1-4H3. The molecule has 0 aliphatic heterocycles. The van der Waals surface area contributed by atoms with E-state index in [1.54, 1.807) is 25.7 Å². The van der Waals surface area contributed by atoms with E-state index >= 15 is 0 Å². The Bertz CT molecular complexity index is 553. The maximum atomic E-state index is 12.6. The molecule has 0 bridgehead atoms. The van der Waals surface area contributed by atoms with Gasteiger partial charge in [-0.1, -0.05) is 18.5 Å². The smallest absolute Gasteiger partial charge is 0.243 e. The predicted octanol–water partition coefficient (Wildman–Crippen LogP) is 2.99. The molecular weight excluding hydrogens is 316 g/mol. The number of anilines is 1.